The van der Waals surface area contributed by atoms with Crippen LogP contribution in [0.25, 0.3) is 0 Å². The third-order valence-electron chi connectivity index (χ3n) is 3.48. The first-order valence-electron chi connectivity index (χ1n) is 6.01. The van der Waals surface area contributed by atoms with E-state index in [1.807, 2.05) is 13.8 Å². The molecular formula is C13H18FN3O. The average Bonchev–Trinajstić information content (AvgIpc) is 2.24. The number of hydrogen-bond donors (Lipinski definition) is 2. The number of nitrogens with one attached hydrogen (secondary N) is 1. The number of likely N-dealkylation sites (tertiary alicyclic amines) is 1. The van der Waals surface area contributed by atoms with Crippen molar-refractivity contribution in [3.63, 3.8) is 0 Å². The fourth-order valence-electron chi connectivity index (χ4n) is 1.94. The van der Waals surface area contributed by atoms with Crippen LogP contribution in [-0.4, -0.2) is 29.6 Å². The fraction of sp³-hybridized carbons (Fsp3) is 0.462. The first-order valence-corrected chi connectivity index (χ1v) is 6.01. The number of rotatable bonds is 2. The molecule has 5 heteroatoms. The predicted octanol–water partition coefficient (Wildman–Crippen LogP) is 2.03. The van der Waals surface area contributed by atoms with Gasteiger partial charge in [0.1, 0.15) is 5.82 Å². The van der Waals surface area contributed by atoms with E-state index in [9.17, 15) is 9.18 Å². The molecule has 98 valence electrons. The standard InChI is InChI=1S/C13H18FN3O/c1-9(2)13(15)7-17(8-13)12(18)16-11-5-3-4-10(14)6-11/h3-6,9H,7-8,15H2,1-2H3,(H,16,18). The zero-order chi connectivity index (χ0) is 13.3. The van der Waals surface area contributed by atoms with E-state index in [1.54, 1.807) is 17.0 Å². The molecule has 1 fully saturated rings. The second-order valence-corrected chi connectivity index (χ2v) is 5.18. The first kappa shape index (κ1) is 12.8. The van der Waals surface area contributed by atoms with Crippen LogP contribution in [-0.2, 0) is 0 Å². The van der Waals surface area contributed by atoms with Crippen molar-refractivity contribution in [3.05, 3.63) is 30.1 Å². The Morgan fingerprint density at radius 1 is 1.50 bits per heavy atom. The summed E-state index contributed by atoms with van der Waals surface area (Å²) in [5.41, 5.74) is 6.27. The minimum absolute atomic E-state index is 0.234. The van der Waals surface area contributed by atoms with E-state index in [0.29, 0.717) is 24.7 Å². The summed E-state index contributed by atoms with van der Waals surface area (Å²) in [5, 5.41) is 2.65. The minimum Gasteiger partial charge on any atom is -0.322 e. The fourth-order valence-corrected chi connectivity index (χ4v) is 1.94. The summed E-state index contributed by atoms with van der Waals surface area (Å²) >= 11 is 0. The highest BCUT2D eigenvalue weighted by Crippen LogP contribution is 2.26. The van der Waals surface area contributed by atoms with Crippen molar-refractivity contribution < 1.29 is 9.18 Å². The zero-order valence-electron chi connectivity index (χ0n) is 10.6. The maximum atomic E-state index is 13.0. The number of amides is 2. The number of nitrogens with two attached hydrogens (primary N) is 1. The maximum Gasteiger partial charge on any atom is 0.321 e. The molecule has 1 aromatic carbocycles. The number of carbonyl (C=O) groups is 1. The van der Waals surface area contributed by atoms with Crippen molar-refractivity contribution >= 4 is 11.7 Å². The van der Waals surface area contributed by atoms with Crippen molar-refractivity contribution in [2.75, 3.05) is 18.4 Å². The highest BCUT2D eigenvalue weighted by molar-refractivity contribution is 5.90. The number of carbonyl (C=O) groups excluding carboxylic acids is 1. The average molecular weight is 251 g/mol. The molecule has 1 saturated heterocycles. The van der Waals surface area contributed by atoms with Crippen LogP contribution in [0.5, 0.6) is 0 Å². The van der Waals surface area contributed by atoms with Crippen LogP contribution in [0, 0.1) is 11.7 Å². The molecule has 0 bridgehead atoms. The van der Waals surface area contributed by atoms with Crippen LogP contribution in [0.15, 0.2) is 24.3 Å². The summed E-state index contributed by atoms with van der Waals surface area (Å²) in [4.78, 5) is 13.5. The van der Waals surface area contributed by atoms with Crippen LogP contribution in [0.3, 0.4) is 0 Å². The summed E-state index contributed by atoms with van der Waals surface area (Å²) in [6, 6.07) is 5.60. The van der Waals surface area contributed by atoms with Gasteiger partial charge in [0.25, 0.3) is 0 Å². The summed E-state index contributed by atoms with van der Waals surface area (Å²) < 4.78 is 13.0. The number of hydrogen-bond acceptors (Lipinski definition) is 2. The van der Waals surface area contributed by atoms with E-state index in [4.69, 9.17) is 5.73 Å². The van der Waals surface area contributed by atoms with Crippen molar-refractivity contribution in [3.8, 4) is 0 Å². The third-order valence-corrected chi connectivity index (χ3v) is 3.48. The smallest absolute Gasteiger partial charge is 0.321 e. The van der Waals surface area contributed by atoms with Crippen LogP contribution < -0.4 is 11.1 Å². The van der Waals surface area contributed by atoms with Gasteiger partial charge in [-0.15, -0.1) is 0 Å². The molecule has 0 aliphatic carbocycles. The molecule has 1 aliphatic heterocycles. The lowest BCUT2D eigenvalue weighted by Gasteiger charge is -2.50. The van der Waals surface area contributed by atoms with Crippen LogP contribution >= 0.6 is 0 Å². The van der Waals surface area contributed by atoms with Gasteiger partial charge >= 0.3 is 6.03 Å². The molecule has 1 heterocycles. The summed E-state index contributed by atoms with van der Waals surface area (Å²) in [5.74, 6) is -0.0394. The minimum atomic E-state index is -0.369. The molecule has 2 rings (SSSR count). The first-order chi connectivity index (χ1) is 8.40. The molecule has 0 atom stereocenters. The Bertz CT molecular complexity index is 455. The molecule has 18 heavy (non-hydrogen) atoms. The number of benzene rings is 1. The monoisotopic (exact) mass is 251 g/mol. The molecule has 4 nitrogen and oxygen atoms in total. The van der Waals surface area contributed by atoms with Crippen molar-refractivity contribution in [1.82, 2.24) is 4.90 Å². The lowest BCUT2D eigenvalue weighted by atomic mass is 9.80. The maximum absolute atomic E-state index is 13.0. The number of anilines is 1. The summed E-state index contributed by atoms with van der Waals surface area (Å²) in [7, 11) is 0. The quantitative estimate of drug-likeness (QED) is 0.845. The molecule has 2 amide bonds. The summed E-state index contributed by atoms with van der Waals surface area (Å²) in [6.07, 6.45) is 0. The van der Waals surface area contributed by atoms with Crippen molar-refractivity contribution in [1.29, 1.82) is 0 Å². The van der Waals surface area contributed by atoms with Gasteiger partial charge in [-0.05, 0) is 24.1 Å². The highest BCUT2D eigenvalue weighted by Gasteiger charge is 2.44. The molecule has 0 spiro atoms. The number of nitrogens with zero attached hydrogens (tertiary/aromatic N) is 1. The van der Waals surface area contributed by atoms with Gasteiger partial charge in [0.05, 0.1) is 5.54 Å². The third kappa shape index (κ3) is 2.46. The van der Waals surface area contributed by atoms with E-state index in [2.05, 4.69) is 5.32 Å². The Kier molecular flexibility index (Phi) is 3.26. The molecule has 3 N–H and O–H groups in total. The van der Waals surface area contributed by atoms with Crippen LogP contribution in [0.2, 0.25) is 0 Å². The zero-order valence-corrected chi connectivity index (χ0v) is 10.6. The van der Waals surface area contributed by atoms with E-state index in [1.165, 1.54) is 12.1 Å². The topological polar surface area (TPSA) is 58.4 Å². The molecular weight excluding hydrogens is 233 g/mol. The van der Waals surface area contributed by atoms with E-state index < -0.39 is 0 Å². The van der Waals surface area contributed by atoms with Gasteiger partial charge in [-0.25, -0.2) is 9.18 Å². The Hall–Kier alpha value is -1.62. The Morgan fingerprint density at radius 2 is 2.17 bits per heavy atom. The van der Waals surface area contributed by atoms with Gasteiger partial charge in [0.2, 0.25) is 0 Å². The van der Waals surface area contributed by atoms with Gasteiger partial charge in [-0.3, -0.25) is 0 Å². The molecule has 0 unspecified atom stereocenters. The number of halogens is 1. The molecule has 0 aromatic heterocycles. The second-order valence-electron chi connectivity index (χ2n) is 5.18. The molecule has 1 aliphatic rings. The van der Waals surface area contributed by atoms with Gasteiger partial charge in [-0.1, -0.05) is 19.9 Å². The SMILES string of the molecule is CC(C)C1(N)CN(C(=O)Nc2cccc(F)c2)C1. The van der Waals surface area contributed by atoms with Crippen LogP contribution in [0.4, 0.5) is 14.9 Å². The predicted molar refractivity (Wildman–Crippen MR) is 68.7 cm³/mol. The van der Waals surface area contributed by atoms with Gasteiger partial charge in [0.15, 0.2) is 0 Å². The number of urea groups is 1. The Labute approximate surface area is 106 Å². The molecule has 0 saturated carbocycles. The Morgan fingerprint density at radius 3 is 2.72 bits per heavy atom. The normalized spacial score (nSPS) is 17.5. The van der Waals surface area contributed by atoms with Gasteiger partial charge in [-0.2, -0.15) is 0 Å². The van der Waals surface area contributed by atoms with Crippen molar-refractivity contribution in [2.24, 2.45) is 11.7 Å². The highest BCUT2D eigenvalue weighted by atomic mass is 19.1. The van der Waals surface area contributed by atoms with Crippen molar-refractivity contribution in [2.45, 2.75) is 19.4 Å². The summed E-state index contributed by atoms with van der Waals surface area (Å²) in [6.45, 7) is 5.15. The van der Waals surface area contributed by atoms with Gasteiger partial charge in [0, 0.05) is 18.8 Å². The molecule has 0 radical (unpaired) electrons. The van der Waals surface area contributed by atoms with Gasteiger partial charge < -0.3 is 16.0 Å². The molecule has 1 aromatic rings. The lowest BCUT2D eigenvalue weighted by molar-refractivity contribution is 0.0721. The Balaban J connectivity index is 1.92. The van der Waals surface area contributed by atoms with Crippen LogP contribution in [0.1, 0.15) is 13.8 Å². The van der Waals surface area contributed by atoms with E-state index in [0.717, 1.165) is 0 Å². The lowest BCUT2D eigenvalue weighted by Crippen LogP contribution is -2.71. The largest absolute Gasteiger partial charge is 0.322 e. The van der Waals surface area contributed by atoms with E-state index >= 15 is 0 Å². The second kappa shape index (κ2) is 4.57. The van der Waals surface area contributed by atoms with E-state index in [-0.39, 0.29) is 17.4 Å².